The van der Waals surface area contributed by atoms with E-state index in [-0.39, 0.29) is 11.4 Å². The van der Waals surface area contributed by atoms with Gasteiger partial charge in [-0.3, -0.25) is 4.79 Å². The van der Waals surface area contributed by atoms with E-state index in [1.165, 1.54) is 12.1 Å². The van der Waals surface area contributed by atoms with Gasteiger partial charge in [-0.15, -0.1) is 0 Å². The minimum absolute atomic E-state index is 0.165. The van der Waals surface area contributed by atoms with Crippen LogP contribution in [0.5, 0.6) is 0 Å². The van der Waals surface area contributed by atoms with Crippen LogP contribution in [0.15, 0.2) is 29.2 Å². The lowest BCUT2D eigenvalue weighted by Gasteiger charge is -2.11. The van der Waals surface area contributed by atoms with Crippen LogP contribution in [0.4, 0.5) is 4.39 Å². The summed E-state index contributed by atoms with van der Waals surface area (Å²) in [4.78, 5) is 10.7. The van der Waals surface area contributed by atoms with Gasteiger partial charge in [-0.2, -0.15) is 0 Å². The molecule has 0 unspecified atom stereocenters. The molecule has 0 radical (unpaired) electrons. The summed E-state index contributed by atoms with van der Waals surface area (Å²) in [5, 5.41) is 8.92. The smallest absolute Gasteiger partial charge is 0.310 e. The van der Waals surface area contributed by atoms with Gasteiger partial charge in [0.1, 0.15) is 5.82 Å². The van der Waals surface area contributed by atoms with Gasteiger partial charge in [0.25, 0.3) is 0 Å². The molecule has 2 rings (SSSR count). The Balaban J connectivity index is 2.11. The summed E-state index contributed by atoms with van der Waals surface area (Å²) in [5.41, 5.74) is -0.986. The van der Waals surface area contributed by atoms with Gasteiger partial charge in [-0.05, 0) is 31.0 Å². The van der Waals surface area contributed by atoms with Crippen LogP contribution in [0, 0.1) is 11.2 Å². The van der Waals surface area contributed by atoms with E-state index in [0.29, 0.717) is 12.8 Å². The Hall–Kier alpha value is -1.47. The molecule has 1 aromatic carbocycles. The highest BCUT2D eigenvalue weighted by Crippen LogP contribution is 2.45. The molecule has 5 nitrogen and oxygen atoms in total. The first-order valence-corrected chi connectivity index (χ1v) is 6.83. The van der Waals surface area contributed by atoms with Crippen molar-refractivity contribution in [3.8, 4) is 0 Å². The van der Waals surface area contributed by atoms with Crippen LogP contribution in [0.2, 0.25) is 0 Å². The molecule has 0 amide bonds. The number of sulfonamides is 1. The third kappa shape index (κ3) is 2.51. The van der Waals surface area contributed by atoms with Crippen LogP contribution < -0.4 is 4.72 Å². The molecular formula is C11H12FNO4S. The summed E-state index contributed by atoms with van der Waals surface area (Å²) in [5.74, 6) is -1.67. The maximum Gasteiger partial charge on any atom is 0.310 e. The van der Waals surface area contributed by atoms with Crippen molar-refractivity contribution in [2.45, 2.75) is 17.7 Å². The number of aliphatic carboxylic acids is 1. The average Bonchev–Trinajstić information content (AvgIpc) is 3.07. The number of benzene rings is 1. The number of carboxylic acids is 1. The number of carbonyl (C=O) groups is 1. The molecule has 0 aliphatic heterocycles. The first-order valence-electron chi connectivity index (χ1n) is 5.34. The van der Waals surface area contributed by atoms with Crippen molar-refractivity contribution >= 4 is 16.0 Å². The van der Waals surface area contributed by atoms with E-state index in [2.05, 4.69) is 4.72 Å². The highest BCUT2D eigenvalue weighted by Gasteiger charge is 2.50. The normalized spacial score (nSPS) is 17.4. The Bertz CT molecular complexity index is 580. The van der Waals surface area contributed by atoms with E-state index in [1.54, 1.807) is 0 Å². The number of hydrogen-bond donors (Lipinski definition) is 2. The summed E-state index contributed by atoms with van der Waals surface area (Å²) in [6.45, 7) is -0.165. The molecule has 0 atom stereocenters. The van der Waals surface area contributed by atoms with E-state index < -0.39 is 27.2 Å². The summed E-state index contributed by atoms with van der Waals surface area (Å²) < 4.78 is 38.8. The second-order valence-electron chi connectivity index (χ2n) is 4.37. The minimum atomic E-state index is -3.86. The average molecular weight is 273 g/mol. The first-order chi connectivity index (χ1) is 8.36. The summed E-state index contributed by atoms with van der Waals surface area (Å²) in [7, 11) is -3.86. The van der Waals surface area contributed by atoms with Gasteiger partial charge in [0.15, 0.2) is 0 Å². The molecule has 1 aromatic rings. The monoisotopic (exact) mass is 273 g/mol. The van der Waals surface area contributed by atoms with Gasteiger partial charge in [0.2, 0.25) is 10.0 Å². The molecule has 0 heterocycles. The van der Waals surface area contributed by atoms with Gasteiger partial charge < -0.3 is 5.11 Å². The molecule has 1 aliphatic rings. The number of halogens is 1. The van der Waals surface area contributed by atoms with Crippen LogP contribution in [0.1, 0.15) is 12.8 Å². The van der Waals surface area contributed by atoms with Crippen molar-refractivity contribution in [1.29, 1.82) is 0 Å². The van der Waals surface area contributed by atoms with Crippen LogP contribution >= 0.6 is 0 Å². The molecule has 2 N–H and O–H groups in total. The summed E-state index contributed by atoms with van der Waals surface area (Å²) in [6, 6.07) is 4.57. The van der Waals surface area contributed by atoms with E-state index in [4.69, 9.17) is 5.11 Å². The largest absolute Gasteiger partial charge is 0.481 e. The molecule has 0 saturated heterocycles. The molecule has 0 bridgehead atoms. The quantitative estimate of drug-likeness (QED) is 0.837. The van der Waals surface area contributed by atoms with Crippen molar-refractivity contribution in [3.05, 3.63) is 30.1 Å². The topological polar surface area (TPSA) is 83.5 Å². The number of rotatable bonds is 5. The molecule has 18 heavy (non-hydrogen) atoms. The van der Waals surface area contributed by atoms with Gasteiger partial charge >= 0.3 is 5.97 Å². The Kier molecular flexibility index (Phi) is 3.12. The second kappa shape index (κ2) is 4.33. The molecular weight excluding hydrogens is 261 g/mol. The molecule has 0 spiro atoms. The zero-order valence-corrected chi connectivity index (χ0v) is 10.2. The third-order valence-electron chi connectivity index (χ3n) is 3.01. The molecule has 1 fully saturated rings. The number of nitrogens with one attached hydrogen (secondary N) is 1. The van der Waals surface area contributed by atoms with Crippen molar-refractivity contribution in [2.24, 2.45) is 5.41 Å². The zero-order valence-electron chi connectivity index (χ0n) is 9.39. The standard InChI is InChI=1S/C11H12FNO4S/c12-8-2-1-3-9(6-8)18(16,17)13-7-11(4-5-11)10(14)15/h1-3,6,13H,4-5,7H2,(H,14,15). The second-order valence-corrected chi connectivity index (χ2v) is 6.13. The van der Waals surface area contributed by atoms with Crippen molar-refractivity contribution in [1.82, 2.24) is 4.72 Å². The number of carboxylic acid groups (broad SMARTS) is 1. The molecule has 98 valence electrons. The minimum Gasteiger partial charge on any atom is -0.481 e. The lowest BCUT2D eigenvalue weighted by atomic mass is 10.1. The first kappa shape index (κ1) is 13.0. The number of hydrogen-bond acceptors (Lipinski definition) is 3. The van der Waals surface area contributed by atoms with E-state index in [0.717, 1.165) is 12.1 Å². The summed E-state index contributed by atoms with van der Waals surface area (Å²) in [6.07, 6.45) is 0.905. The molecule has 1 saturated carbocycles. The van der Waals surface area contributed by atoms with Crippen LogP contribution in [0.3, 0.4) is 0 Å². The van der Waals surface area contributed by atoms with Gasteiger partial charge in [-0.25, -0.2) is 17.5 Å². The van der Waals surface area contributed by atoms with E-state index >= 15 is 0 Å². The Morgan fingerprint density at radius 3 is 2.61 bits per heavy atom. The fraction of sp³-hybridized carbons (Fsp3) is 0.364. The van der Waals surface area contributed by atoms with Crippen molar-refractivity contribution < 1.29 is 22.7 Å². The fourth-order valence-electron chi connectivity index (χ4n) is 1.57. The molecule has 0 aromatic heterocycles. The van der Waals surface area contributed by atoms with E-state index in [1.807, 2.05) is 0 Å². The maximum atomic E-state index is 12.9. The van der Waals surface area contributed by atoms with Crippen LogP contribution in [-0.4, -0.2) is 26.0 Å². The van der Waals surface area contributed by atoms with Gasteiger partial charge in [-0.1, -0.05) is 6.07 Å². The molecule has 1 aliphatic carbocycles. The van der Waals surface area contributed by atoms with Crippen molar-refractivity contribution in [3.63, 3.8) is 0 Å². The van der Waals surface area contributed by atoms with E-state index in [9.17, 15) is 17.6 Å². The molecule has 7 heteroatoms. The highest BCUT2D eigenvalue weighted by molar-refractivity contribution is 7.89. The van der Waals surface area contributed by atoms with Crippen molar-refractivity contribution in [2.75, 3.05) is 6.54 Å². The highest BCUT2D eigenvalue weighted by atomic mass is 32.2. The van der Waals surface area contributed by atoms with Crippen LogP contribution in [0.25, 0.3) is 0 Å². The van der Waals surface area contributed by atoms with Gasteiger partial charge in [0.05, 0.1) is 10.3 Å². The fourth-order valence-corrected chi connectivity index (χ4v) is 2.73. The van der Waals surface area contributed by atoms with Gasteiger partial charge in [0, 0.05) is 6.54 Å². The third-order valence-corrected chi connectivity index (χ3v) is 4.41. The Morgan fingerprint density at radius 1 is 1.44 bits per heavy atom. The van der Waals surface area contributed by atoms with Crippen LogP contribution in [-0.2, 0) is 14.8 Å². The SMILES string of the molecule is O=C(O)C1(CNS(=O)(=O)c2cccc(F)c2)CC1. The Morgan fingerprint density at radius 2 is 2.11 bits per heavy atom. The predicted octanol–water partition coefficient (Wildman–Crippen LogP) is 0.969. The lowest BCUT2D eigenvalue weighted by Crippen LogP contribution is -2.34. The maximum absolute atomic E-state index is 12.9. The zero-order chi connectivity index (χ0) is 13.4. The Labute approximate surface area is 104 Å². The summed E-state index contributed by atoms with van der Waals surface area (Å²) >= 11 is 0. The predicted molar refractivity (Wildman–Crippen MR) is 60.9 cm³/mol. The lowest BCUT2D eigenvalue weighted by molar-refractivity contribution is -0.143.